The zero-order valence-electron chi connectivity index (χ0n) is 11.5. The highest BCUT2D eigenvalue weighted by Gasteiger charge is 2.74. The molecule has 0 aliphatic heterocycles. The molecule has 1 unspecified atom stereocenters. The van der Waals surface area contributed by atoms with E-state index < -0.39 is 17.2 Å². The van der Waals surface area contributed by atoms with Crippen LogP contribution in [0.3, 0.4) is 0 Å². The Kier molecular flexibility index (Phi) is 2.90. The standard InChI is InChI=1S/C15H14F2N2O2/c1-14(7-18,19-13(20)15-5-9(15)6-15)8-21-10-2-3-11(16)12(17)4-10/h2-4,9H,5-6,8H2,1H3,(H,19,20). The highest BCUT2D eigenvalue weighted by atomic mass is 19.2. The molecule has 0 spiro atoms. The molecular formula is C15H14F2N2O2. The number of benzene rings is 1. The summed E-state index contributed by atoms with van der Waals surface area (Å²) in [5.74, 6) is -1.52. The molecule has 0 saturated heterocycles. The van der Waals surface area contributed by atoms with Crippen molar-refractivity contribution in [2.45, 2.75) is 25.3 Å². The Hall–Kier alpha value is -2.16. The van der Waals surface area contributed by atoms with Crippen LogP contribution in [0.5, 0.6) is 5.75 Å². The van der Waals surface area contributed by atoms with Gasteiger partial charge in [-0.25, -0.2) is 8.78 Å². The highest BCUT2D eigenvalue weighted by Crippen LogP contribution is 2.75. The summed E-state index contributed by atoms with van der Waals surface area (Å²) in [5, 5.41) is 11.9. The number of hydrogen-bond donors (Lipinski definition) is 1. The number of fused-ring (bicyclic) bond motifs is 1. The van der Waals surface area contributed by atoms with Gasteiger partial charge in [0.1, 0.15) is 12.4 Å². The Morgan fingerprint density at radius 1 is 1.52 bits per heavy atom. The molecule has 0 heterocycles. The maximum Gasteiger partial charge on any atom is 0.227 e. The van der Waals surface area contributed by atoms with E-state index in [1.807, 2.05) is 6.07 Å². The quantitative estimate of drug-likeness (QED) is 0.904. The van der Waals surface area contributed by atoms with Gasteiger partial charge in [-0.15, -0.1) is 0 Å². The average Bonchev–Trinajstić information content (AvgIpc) is 3.29. The van der Waals surface area contributed by atoms with Gasteiger partial charge in [-0.3, -0.25) is 4.79 Å². The van der Waals surface area contributed by atoms with Crippen LogP contribution in [0.4, 0.5) is 8.78 Å². The maximum absolute atomic E-state index is 13.1. The number of carbonyl (C=O) groups is 1. The molecule has 1 aromatic carbocycles. The second kappa shape index (κ2) is 4.42. The fourth-order valence-corrected chi connectivity index (χ4v) is 2.34. The molecule has 2 aliphatic rings. The van der Waals surface area contributed by atoms with Crippen LogP contribution in [-0.2, 0) is 4.79 Å². The summed E-state index contributed by atoms with van der Waals surface area (Å²) in [6.07, 6.45) is 1.79. The van der Waals surface area contributed by atoms with Crippen LogP contribution in [0.1, 0.15) is 19.8 Å². The first-order valence-electron chi connectivity index (χ1n) is 6.70. The summed E-state index contributed by atoms with van der Waals surface area (Å²) < 4.78 is 31.2. The maximum atomic E-state index is 13.1. The van der Waals surface area contributed by atoms with Crippen molar-refractivity contribution in [2.75, 3.05) is 6.61 Å². The van der Waals surface area contributed by atoms with E-state index in [2.05, 4.69) is 5.32 Å². The van der Waals surface area contributed by atoms with Gasteiger partial charge in [-0.05, 0) is 37.8 Å². The van der Waals surface area contributed by atoms with Crippen molar-refractivity contribution in [1.29, 1.82) is 5.26 Å². The van der Waals surface area contributed by atoms with E-state index in [-0.39, 0.29) is 23.7 Å². The van der Waals surface area contributed by atoms with Gasteiger partial charge >= 0.3 is 0 Å². The summed E-state index contributed by atoms with van der Waals surface area (Å²) in [6, 6.07) is 5.13. The molecule has 0 bridgehead atoms. The molecule has 0 radical (unpaired) electrons. The summed E-state index contributed by atoms with van der Waals surface area (Å²) in [7, 11) is 0. The SMILES string of the molecule is CC(C#N)(COc1ccc(F)c(F)c1)NC(=O)C12CC1C2. The third-order valence-electron chi connectivity index (χ3n) is 4.19. The molecular weight excluding hydrogens is 278 g/mol. The number of nitrogens with zero attached hydrogens (tertiary/aromatic N) is 1. The lowest BCUT2D eigenvalue weighted by atomic mass is 10.0. The first-order chi connectivity index (χ1) is 9.88. The zero-order chi connectivity index (χ0) is 15.3. The molecule has 2 aliphatic carbocycles. The van der Waals surface area contributed by atoms with Gasteiger partial charge in [-0.2, -0.15) is 5.26 Å². The summed E-state index contributed by atoms with van der Waals surface area (Å²) >= 11 is 0. The van der Waals surface area contributed by atoms with Crippen LogP contribution in [0.15, 0.2) is 18.2 Å². The molecule has 1 atom stereocenters. The van der Waals surface area contributed by atoms with E-state index in [1.165, 1.54) is 6.07 Å². The van der Waals surface area contributed by atoms with E-state index in [4.69, 9.17) is 4.74 Å². The van der Waals surface area contributed by atoms with Crippen molar-refractivity contribution in [1.82, 2.24) is 5.32 Å². The predicted octanol–water partition coefficient (Wildman–Crippen LogP) is 2.15. The van der Waals surface area contributed by atoms with Crippen molar-refractivity contribution in [2.24, 2.45) is 11.3 Å². The smallest absolute Gasteiger partial charge is 0.227 e. The normalized spacial score (nSPS) is 27.8. The molecule has 110 valence electrons. The van der Waals surface area contributed by atoms with E-state index >= 15 is 0 Å². The number of halogens is 2. The van der Waals surface area contributed by atoms with Crippen LogP contribution in [0.2, 0.25) is 0 Å². The van der Waals surface area contributed by atoms with Crippen LogP contribution in [0, 0.1) is 34.3 Å². The van der Waals surface area contributed by atoms with Crippen LogP contribution in [0.25, 0.3) is 0 Å². The monoisotopic (exact) mass is 292 g/mol. The Labute approximate surface area is 120 Å². The van der Waals surface area contributed by atoms with Gasteiger partial charge in [0.05, 0.1) is 11.5 Å². The molecule has 1 aromatic rings. The molecule has 1 amide bonds. The van der Waals surface area contributed by atoms with Crippen LogP contribution < -0.4 is 10.1 Å². The van der Waals surface area contributed by atoms with Gasteiger partial charge in [0.25, 0.3) is 0 Å². The lowest BCUT2D eigenvalue weighted by Crippen LogP contribution is -2.50. The van der Waals surface area contributed by atoms with Crippen molar-refractivity contribution in [3.63, 3.8) is 0 Å². The van der Waals surface area contributed by atoms with Crippen molar-refractivity contribution >= 4 is 5.91 Å². The second-order valence-corrected chi connectivity index (χ2v) is 6.02. The minimum atomic E-state index is -1.20. The Bertz CT molecular complexity index is 650. The van der Waals surface area contributed by atoms with Crippen molar-refractivity contribution < 1.29 is 18.3 Å². The molecule has 1 N–H and O–H groups in total. The number of ether oxygens (including phenoxy) is 1. The summed E-state index contributed by atoms with van der Waals surface area (Å²) in [6.45, 7) is 1.41. The van der Waals surface area contributed by atoms with Crippen LogP contribution in [-0.4, -0.2) is 18.1 Å². The Balaban J connectivity index is 1.62. The van der Waals surface area contributed by atoms with E-state index in [1.54, 1.807) is 6.92 Å². The number of carbonyl (C=O) groups excluding carboxylic acids is 1. The van der Waals surface area contributed by atoms with Crippen molar-refractivity contribution in [3.05, 3.63) is 29.8 Å². The van der Waals surface area contributed by atoms with E-state index in [9.17, 15) is 18.8 Å². The molecule has 3 rings (SSSR count). The Morgan fingerprint density at radius 2 is 2.19 bits per heavy atom. The topological polar surface area (TPSA) is 62.1 Å². The largest absolute Gasteiger partial charge is 0.490 e. The minimum Gasteiger partial charge on any atom is -0.490 e. The highest BCUT2D eigenvalue weighted by molar-refractivity contribution is 5.90. The number of amides is 1. The number of nitrogens with one attached hydrogen (secondary N) is 1. The van der Waals surface area contributed by atoms with Crippen LogP contribution >= 0.6 is 0 Å². The third-order valence-corrected chi connectivity index (χ3v) is 4.19. The number of nitriles is 1. The molecule has 2 saturated carbocycles. The van der Waals surface area contributed by atoms with Gasteiger partial charge in [0.15, 0.2) is 17.2 Å². The molecule has 0 aromatic heterocycles. The second-order valence-electron chi connectivity index (χ2n) is 6.02. The molecule has 4 nitrogen and oxygen atoms in total. The lowest BCUT2D eigenvalue weighted by Gasteiger charge is -2.24. The molecule has 21 heavy (non-hydrogen) atoms. The first kappa shape index (κ1) is 13.8. The minimum absolute atomic E-state index is 0.110. The average molecular weight is 292 g/mol. The molecule has 2 fully saturated rings. The fraction of sp³-hybridized carbons (Fsp3) is 0.467. The number of hydrogen-bond acceptors (Lipinski definition) is 3. The van der Waals surface area contributed by atoms with Crippen molar-refractivity contribution in [3.8, 4) is 11.8 Å². The van der Waals surface area contributed by atoms with E-state index in [0.717, 1.165) is 25.0 Å². The molecule has 6 heteroatoms. The fourth-order valence-electron chi connectivity index (χ4n) is 2.34. The Morgan fingerprint density at radius 3 is 2.71 bits per heavy atom. The van der Waals surface area contributed by atoms with E-state index in [0.29, 0.717) is 5.92 Å². The third kappa shape index (κ3) is 2.44. The summed E-state index contributed by atoms with van der Waals surface area (Å²) in [5.41, 5.74) is -1.44. The summed E-state index contributed by atoms with van der Waals surface area (Å²) in [4.78, 5) is 12.0. The zero-order valence-corrected chi connectivity index (χ0v) is 11.5. The first-order valence-corrected chi connectivity index (χ1v) is 6.70. The van der Waals surface area contributed by atoms with Gasteiger partial charge in [0.2, 0.25) is 5.91 Å². The van der Waals surface area contributed by atoms with Gasteiger partial charge in [0, 0.05) is 6.07 Å². The predicted molar refractivity (Wildman–Crippen MR) is 69.2 cm³/mol. The van der Waals surface area contributed by atoms with Gasteiger partial charge < -0.3 is 10.1 Å². The lowest BCUT2D eigenvalue weighted by molar-refractivity contribution is -0.125. The van der Waals surface area contributed by atoms with Gasteiger partial charge in [-0.1, -0.05) is 0 Å². The number of rotatable bonds is 5.